The summed E-state index contributed by atoms with van der Waals surface area (Å²) < 4.78 is 14.4. The van der Waals surface area contributed by atoms with E-state index in [4.69, 9.17) is 15.2 Å². The first-order chi connectivity index (χ1) is 7.15. The van der Waals surface area contributed by atoms with Crippen LogP contribution < -0.4 is 16.1 Å². The van der Waals surface area contributed by atoms with Crippen molar-refractivity contribution in [3.05, 3.63) is 28.3 Å². The lowest BCUT2D eigenvalue weighted by atomic mass is 10.4. The largest absolute Gasteiger partial charge is 0.484 e. The fourth-order valence-corrected chi connectivity index (χ4v) is 0.878. The highest BCUT2D eigenvalue weighted by atomic mass is 16.5. The Morgan fingerprint density at radius 3 is 2.73 bits per heavy atom. The van der Waals surface area contributed by atoms with E-state index in [0.717, 1.165) is 0 Å². The smallest absolute Gasteiger partial charge is 0.379 e. The Labute approximate surface area is 85.6 Å². The number of nitrogens with two attached hydrogens (primary N) is 1. The Bertz CT molecular complexity index is 398. The van der Waals surface area contributed by atoms with E-state index >= 15 is 0 Å². The third-order valence-electron chi connectivity index (χ3n) is 1.58. The molecule has 0 aromatic carbocycles. The fourth-order valence-electron chi connectivity index (χ4n) is 0.878. The van der Waals surface area contributed by atoms with Crippen LogP contribution in [0.3, 0.4) is 0 Å². The standard InChI is InChI=1S/C9H11NO5/c1-13-4-5-14-7-3-2-6(8(10)11)15-9(7)12/h2-3H,4-5H2,1H3,(H2,10,11). The predicted molar refractivity (Wildman–Crippen MR) is 50.9 cm³/mol. The molecule has 0 saturated carbocycles. The van der Waals surface area contributed by atoms with Crippen molar-refractivity contribution in [1.82, 2.24) is 0 Å². The van der Waals surface area contributed by atoms with Crippen molar-refractivity contribution >= 4 is 5.91 Å². The van der Waals surface area contributed by atoms with E-state index in [-0.39, 0.29) is 18.1 Å². The third kappa shape index (κ3) is 3.10. The summed E-state index contributed by atoms with van der Waals surface area (Å²) in [6.07, 6.45) is 0. The normalized spacial score (nSPS) is 9.93. The van der Waals surface area contributed by atoms with Gasteiger partial charge in [-0.3, -0.25) is 4.79 Å². The monoisotopic (exact) mass is 213 g/mol. The average molecular weight is 213 g/mol. The predicted octanol–water partition coefficient (Wildman–Crippen LogP) is -0.236. The van der Waals surface area contributed by atoms with E-state index in [0.29, 0.717) is 6.61 Å². The summed E-state index contributed by atoms with van der Waals surface area (Å²) in [4.78, 5) is 21.9. The summed E-state index contributed by atoms with van der Waals surface area (Å²) in [7, 11) is 1.52. The van der Waals surface area contributed by atoms with Crippen LogP contribution in [0.4, 0.5) is 0 Å². The summed E-state index contributed by atoms with van der Waals surface area (Å²) in [6.45, 7) is 0.591. The second kappa shape index (κ2) is 5.16. The number of carbonyl (C=O) groups is 1. The van der Waals surface area contributed by atoms with Gasteiger partial charge in [-0.05, 0) is 12.1 Å². The van der Waals surface area contributed by atoms with E-state index in [1.54, 1.807) is 0 Å². The molecule has 1 aromatic rings. The number of amides is 1. The zero-order chi connectivity index (χ0) is 11.3. The van der Waals surface area contributed by atoms with Crippen molar-refractivity contribution in [3.63, 3.8) is 0 Å². The van der Waals surface area contributed by atoms with Gasteiger partial charge in [-0.25, -0.2) is 4.79 Å². The zero-order valence-corrected chi connectivity index (χ0v) is 8.19. The van der Waals surface area contributed by atoms with Gasteiger partial charge >= 0.3 is 5.63 Å². The van der Waals surface area contributed by atoms with Crippen LogP contribution in [-0.4, -0.2) is 26.2 Å². The van der Waals surface area contributed by atoms with Gasteiger partial charge in [-0.2, -0.15) is 0 Å². The molecule has 0 atom stereocenters. The number of primary amides is 1. The zero-order valence-electron chi connectivity index (χ0n) is 8.19. The molecule has 0 aliphatic carbocycles. The van der Waals surface area contributed by atoms with Gasteiger partial charge in [-0.1, -0.05) is 0 Å². The highest BCUT2D eigenvalue weighted by molar-refractivity contribution is 5.89. The number of ether oxygens (including phenoxy) is 2. The van der Waals surface area contributed by atoms with Gasteiger partial charge in [0.1, 0.15) is 6.61 Å². The van der Waals surface area contributed by atoms with Crippen molar-refractivity contribution in [2.75, 3.05) is 20.3 Å². The van der Waals surface area contributed by atoms with Crippen LogP contribution in [0.5, 0.6) is 5.75 Å². The molecule has 0 spiro atoms. The van der Waals surface area contributed by atoms with Crippen molar-refractivity contribution in [3.8, 4) is 5.75 Å². The molecular formula is C9H11NO5. The van der Waals surface area contributed by atoms with E-state index in [2.05, 4.69) is 4.42 Å². The topological polar surface area (TPSA) is 91.8 Å². The molecule has 1 amide bonds. The van der Waals surface area contributed by atoms with Crippen LogP contribution in [0, 0.1) is 0 Å². The number of hydrogen-bond acceptors (Lipinski definition) is 5. The van der Waals surface area contributed by atoms with Gasteiger partial charge in [0.25, 0.3) is 5.91 Å². The van der Waals surface area contributed by atoms with Crippen LogP contribution >= 0.6 is 0 Å². The van der Waals surface area contributed by atoms with Gasteiger partial charge in [0.05, 0.1) is 6.61 Å². The summed E-state index contributed by atoms with van der Waals surface area (Å²) >= 11 is 0. The highest BCUT2D eigenvalue weighted by Crippen LogP contribution is 2.04. The van der Waals surface area contributed by atoms with Gasteiger partial charge in [0, 0.05) is 7.11 Å². The number of hydrogen-bond donors (Lipinski definition) is 1. The molecule has 0 unspecified atom stereocenters. The molecule has 1 heterocycles. The lowest BCUT2D eigenvalue weighted by molar-refractivity contribution is 0.0967. The van der Waals surface area contributed by atoms with Crippen molar-refractivity contribution < 1.29 is 18.7 Å². The van der Waals surface area contributed by atoms with Gasteiger partial charge < -0.3 is 19.6 Å². The first-order valence-corrected chi connectivity index (χ1v) is 4.21. The molecule has 1 aromatic heterocycles. The maximum atomic E-state index is 11.2. The summed E-state index contributed by atoms with van der Waals surface area (Å²) in [5.74, 6) is -0.966. The maximum absolute atomic E-state index is 11.2. The minimum absolute atomic E-state index is 0.0250. The van der Waals surface area contributed by atoms with E-state index < -0.39 is 11.5 Å². The van der Waals surface area contributed by atoms with E-state index in [1.165, 1.54) is 19.2 Å². The molecule has 0 radical (unpaired) electrons. The van der Waals surface area contributed by atoms with Crippen molar-refractivity contribution in [1.29, 1.82) is 0 Å². The van der Waals surface area contributed by atoms with Crippen LogP contribution in [0.25, 0.3) is 0 Å². The minimum Gasteiger partial charge on any atom is -0.484 e. The molecule has 0 aliphatic heterocycles. The first-order valence-electron chi connectivity index (χ1n) is 4.21. The first kappa shape index (κ1) is 11.3. The number of rotatable bonds is 5. The number of carbonyl (C=O) groups excluding carboxylic acids is 1. The molecule has 1 rings (SSSR count). The van der Waals surface area contributed by atoms with Gasteiger partial charge in [-0.15, -0.1) is 0 Å². The molecule has 15 heavy (non-hydrogen) atoms. The van der Waals surface area contributed by atoms with Crippen LogP contribution in [0.1, 0.15) is 10.6 Å². The highest BCUT2D eigenvalue weighted by Gasteiger charge is 2.08. The molecule has 0 bridgehead atoms. The van der Waals surface area contributed by atoms with Crippen molar-refractivity contribution in [2.45, 2.75) is 0 Å². The molecular weight excluding hydrogens is 202 g/mol. The van der Waals surface area contributed by atoms with Crippen molar-refractivity contribution in [2.24, 2.45) is 5.73 Å². The Hall–Kier alpha value is -1.82. The number of methoxy groups -OCH3 is 1. The molecule has 82 valence electrons. The van der Waals surface area contributed by atoms with Gasteiger partial charge in [0.15, 0.2) is 5.76 Å². The lowest BCUT2D eigenvalue weighted by Gasteiger charge is -2.03. The Morgan fingerprint density at radius 2 is 2.20 bits per heavy atom. The SMILES string of the molecule is COCCOc1ccc(C(N)=O)oc1=O. The third-order valence-corrected chi connectivity index (χ3v) is 1.58. The Morgan fingerprint density at radius 1 is 1.47 bits per heavy atom. The van der Waals surface area contributed by atoms with Crippen LogP contribution in [0.15, 0.2) is 21.3 Å². The Kier molecular flexibility index (Phi) is 3.87. The summed E-state index contributed by atoms with van der Waals surface area (Å²) in [5.41, 5.74) is 4.19. The maximum Gasteiger partial charge on any atom is 0.379 e. The molecule has 2 N–H and O–H groups in total. The molecule has 0 aliphatic rings. The molecule has 0 saturated heterocycles. The van der Waals surface area contributed by atoms with E-state index in [1.807, 2.05) is 0 Å². The average Bonchev–Trinajstić information content (AvgIpc) is 2.20. The molecule has 6 heteroatoms. The quantitative estimate of drug-likeness (QED) is 0.682. The second-order valence-electron chi connectivity index (χ2n) is 2.66. The molecule has 0 fully saturated rings. The summed E-state index contributed by atoms with van der Waals surface area (Å²) in [6, 6.07) is 2.62. The fraction of sp³-hybridized carbons (Fsp3) is 0.333. The van der Waals surface area contributed by atoms with Gasteiger partial charge in [0.2, 0.25) is 5.75 Å². The summed E-state index contributed by atoms with van der Waals surface area (Å²) in [5, 5.41) is 0. The second-order valence-corrected chi connectivity index (χ2v) is 2.66. The van der Waals surface area contributed by atoms with Crippen LogP contribution in [0.2, 0.25) is 0 Å². The molecule has 6 nitrogen and oxygen atoms in total. The Balaban J connectivity index is 2.75. The van der Waals surface area contributed by atoms with E-state index in [9.17, 15) is 9.59 Å². The lowest BCUT2D eigenvalue weighted by Crippen LogP contribution is -2.16. The van der Waals surface area contributed by atoms with Crippen LogP contribution in [-0.2, 0) is 4.74 Å². The minimum atomic E-state index is -0.796.